The van der Waals surface area contributed by atoms with Gasteiger partial charge in [0, 0.05) is 59.8 Å². The fraction of sp³-hybridized carbons (Fsp3) is 0.417. The van der Waals surface area contributed by atoms with Gasteiger partial charge in [0.25, 0.3) is 0 Å². The summed E-state index contributed by atoms with van der Waals surface area (Å²) in [6.45, 7) is 4.66. The van der Waals surface area contributed by atoms with E-state index in [1.54, 1.807) is 0 Å². The van der Waals surface area contributed by atoms with E-state index in [0.717, 1.165) is 37.3 Å². The number of fused-ring (bicyclic) bond motifs is 3. The second kappa shape index (κ2) is 8.00. The van der Waals surface area contributed by atoms with Crippen molar-refractivity contribution in [3.63, 3.8) is 0 Å². The number of ether oxygens (including phenoxy) is 1. The van der Waals surface area contributed by atoms with E-state index < -0.39 is 0 Å². The van der Waals surface area contributed by atoms with Crippen LogP contribution in [0.25, 0.3) is 10.9 Å². The number of rotatable bonds is 6. The number of H-pyrrole nitrogens is 1. The molecule has 0 radical (unpaired) electrons. The standard InChI is InChI=1S/C24H27F2N3O/c1-15-10-20-18-4-2-3-5-22(18)28-24(20)23(27-15)19-7-6-17(11-21(19)26)30-9-8-29-13-16(12-25)14-29/h2-7,11,15-16,23,27-28H,8-10,12-14H2,1H3. The SMILES string of the molecule is CC1Cc2c([nH]c3ccccc23)C(c2ccc(OCCN3CC(CF)C3)cc2F)N1. The second-order valence-corrected chi connectivity index (χ2v) is 8.58. The largest absolute Gasteiger partial charge is 0.492 e. The summed E-state index contributed by atoms with van der Waals surface area (Å²) >= 11 is 0. The Bertz CT molecular complexity index is 1040. The van der Waals surface area contributed by atoms with Gasteiger partial charge >= 0.3 is 0 Å². The molecule has 1 fully saturated rings. The van der Waals surface area contributed by atoms with Crippen molar-refractivity contribution in [2.45, 2.75) is 25.4 Å². The fourth-order valence-corrected chi connectivity index (χ4v) is 4.75. The number of aromatic nitrogens is 1. The number of halogens is 2. The summed E-state index contributed by atoms with van der Waals surface area (Å²) in [7, 11) is 0. The number of nitrogens with one attached hydrogen (secondary N) is 2. The van der Waals surface area contributed by atoms with E-state index in [9.17, 15) is 4.39 Å². The van der Waals surface area contributed by atoms with Crippen molar-refractivity contribution in [1.29, 1.82) is 0 Å². The molecule has 2 aliphatic heterocycles. The fourth-order valence-electron chi connectivity index (χ4n) is 4.75. The number of hydrogen-bond donors (Lipinski definition) is 2. The van der Waals surface area contributed by atoms with Gasteiger partial charge < -0.3 is 15.0 Å². The predicted octanol–water partition coefficient (Wildman–Crippen LogP) is 4.21. The molecule has 3 heterocycles. The van der Waals surface area contributed by atoms with Crippen molar-refractivity contribution >= 4 is 10.9 Å². The van der Waals surface area contributed by atoms with Crippen molar-refractivity contribution in [3.05, 3.63) is 65.1 Å². The van der Waals surface area contributed by atoms with Crippen LogP contribution in [0.3, 0.4) is 0 Å². The average Bonchev–Trinajstić information content (AvgIpc) is 3.08. The number of nitrogens with zero attached hydrogens (tertiary/aromatic N) is 1. The molecule has 2 aliphatic rings. The minimum atomic E-state index is -0.273. The van der Waals surface area contributed by atoms with E-state index in [1.807, 2.05) is 24.3 Å². The lowest BCUT2D eigenvalue weighted by Crippen LogP contribution is -2.49. The number of benzene rings is 2. The zero-order valence-electron chi connectivity index (χ0n) is 17.1. The maximum Gasteiger partial charge on any atom is 0.132 e. The molecule has 4 nitrogen and oxygen atoms in total. The van der Waals surface area contributed by atoms with Crippen LogP contribution in [-0.4, -0.2) is 48.8 Å². The minimum absolute atomic E-state index is 0.168. The van der Waals surface area contributed by atoms with Crippen LogP contribution in [0.4, 0.5) is 8.78 Å². The summed E-state index contributed by atoms with van der Waals surface area (Å²) in [5.74, 6) is 0.423. The Morgan fingerprint density at radius 1 is 1.17 bits per heavy atom. The molecule has 1 aromatic heterocycles. The lowest BCUT2D eigenvalue weighted by atomic mass is 9.90. The predicted molar refractivity (Wildman–Crippen MR) is 114 cm³/mol. The molecule has 6 heteroatoms. The van der Waals surface area contributed by atoms with E-state index in [2.05, 4.69) is 34.3 Å². The molecular weight excluding hydrogens is 384 g/mol. The Morgan fingerprint density at radius 3 is 2.80 bits per heavy atom. The molecule has 2 unspecified atom stereocenters. The highest BCUT2D eigenvalue weighted by Crippen LogP contribution is 2.36. The molecule has 0 aliphatic carbocycles. The van der Waals surface area contributed by atoms with Crippen LogP contribution in [0.5, 0.6) is 5.75 Å². The second-order valence-electron chi connectivity index (χ2n) is 8.58. The lowest BCUT2D eigenvalue weighted by Gasteiger charge is -2.37. The molecule has 5 rings (SSSR count). The molecule has 0 spiro atoms. The molecule has 158 valence electrons. The molecule has 2 aromatic carbocycles. The highest BCUT2D eigenvalue weighted by Gasteiger charge is 2.30. The van der Waals surface area contributed by atoms with Crippen molar-refractivity contribution in [2.75, 3.05) is 32.9 Å². The minimum Gasteiger partial charge on any atom is -0.492 e. The smallest absolute Gasteiger partial charge is 0.132 e. The summed E-state index contributed by atoms with van der Waals surface area (Å²) in [6.07, 6.45) is 0.915. The van der Waals surface area contributed by atoms with Crippen LogP contribution in [0.2, 0.25) is 0 Å². The normalized spacial score (nSPS) is 22.1. The third kappa shape index (κ3) is 3.59. The Hall–Kier alpha value is -2.44. The Kier molecular flexibility index (Phi) is 5.21. The zero-order valence-corrected chi connectivity index (χ0v) is 17.1. The van der Waals surface area contributed by atoms with Crippen LogP contribution < -0.4 is 10.1 Å². The summed E-state index contributed by atoms with van der Waals surface area (Å²) < 4.78 is 33.3. The van der Waals surface area contributed by atoms with Crippen LogP contribution in [0, 0.1) is 11.7 Å². The van der Waals surface area contributed by atoms with Crippen molar-refractivity contribution in [1.82, 2.24) is 15.2 Å². The van der Waals surface area contributed by atoms with Gasteiger partial charge in [-0.15, -0.1) is 0 Å². The van der Waals surface area contributed by atoms with E-state index >= 15 is 4.39 Å². The molecule has 30 heavy (non-hydrogen) atoms. The topological polar surface area (TPSA) is 40.3 Å². The van der Waals surface area contributed by atoms with Crippen LogP contribution >= 0.6 is 0 Å². The van der Waals surface area contributed by atoms with Gasteiger partial charge in [0.1, 0.15) is 18.2 Å². The van der Waals surface area contributed by atoms with Gasteiger partial charge in [0.05, 0.1) is 12.7 Å². The zero-order chi connectivity index (χ0) is 20.7. The highest BCUT2D eigenvalue weighted by atomic mass is 19.1. The van der Waals surface area contributed by atoms with E-state index in [4.69, 9.17) is 4.74 Å². The Labute approximate surface area is 175 Å². The third-order valence-corrected chi connectivity index (χ3v) is 6.31. The molecule has 1 saturated heterocycles. The Morgan fingerprint density at radius 2 is 2.00 bits per heavy atom. The van der Waals surface area contributed by atoms with Crippen molar-refractivity contribution in [3.8, 4) is 5.75 Å². The van der Waals surface area contributed by atoms with E-state index in [-0.39, 0.29) is 30.5 Å². The highest BCUT2D eigenvalue weighted by molar-refractivity contribution is 5.85. The summed E-state index contributed by atoms with van der Waals surface area (Å²) in [5, 5.41) is 4.76. The van der Waals surface area contributed by atoms with Gasteiger partial charge in [-0.05, 0) is 31.0 Å². The van der Waals surface area contributed by atoms with Crippen LogP contribution in [0.15, 0.2) is 42.5 Å². The van der Waals surface area contributed by atoms with Crippen molar-refractivity contribution < 1.29 is 13.5 Å². The molecular formula is C24H27F2N3O. The first-order valence-electron chi connectivity index (χ1n) is 10.7. The summed E-state index contributed by atoms with van der Waals surface area (Å²) in [6, 6.07) is 13.4. The first-order chi connectivity index (χ1) is 14.6. The number of alkyl halides is 1. The number of likely N-dealkylation sites (tertiary alicyclic amines) is 1. The van der Waals surface area contributed by atoms with Crippen LogP contribution in [0.1, 0.15) is 29.8 Å². The quantitative estimate of drug-likeness (QED) is 0.638. The maximum atomic E-state index is 15.1. The average molecular weight is 411 g/mol. The van der Waals surface area contributed by atoms with E-state index in [0.29, 0.717) is 17.9 Å². The first kappa shape index (κ1) is 19.5. The Balaban J connectivity index is 1.32. The lowest BCUT2D eigenvalue weighted by molar-refractivity contribution is 0.0668. The van der Waals surface area contributed by atoms with Gasteiger partial charge in [-0.2, -0.15) is 0 Å². The molecule has 0 amide bonds. The monoisotopic (exact) mass is 411 g/mol. The van der Waals surface area contributed by atoms with Gasteiger partial charge in [0.15, 0.2) is 0 Å². The number of aromatic amines is 1. The summed E-state index contributed by atoms with van der Waals surface area (Å²) in [4.78, 5) is 5.65. The molecule has 3 aromatic rings. The molecule has 2 atom stereocenters. The van der Waals surface area contributed by atoms with E-state index in [1.165, 1.54) is 17.0 Å². The van der Waals surface area contributed by atoms with Crippen molar-refractivity contribution in [2.24, 2.45) is 5.92 Å². The number of para-hydroxylation sites is 1. The van der Waals surface area contributed by atoms with Gasteiger partial charge in [-0.25, -0.2) is 4.39 Å². The molecule has 0 bridgehead atoms. The van der Waals surface area contributed by atoms with Gasteiger partial charge in [0.2, 0.25) is 0 Å². The first-order valence-corrected chi connectivity index (χ1v) is 10.7. The molecule has 0 saturated carbocycles. The maximum absolute atomic E-state index is 15.1. The number of hydrogen-bond acceptors (Lipinski definition) is 3. The summed E-state index contributed by atoms with van der Waals surface area (Å²) in [5.41, 5.74) is 4.02. The molecule has 2 N–H and O–H groups in total. The third-order valence-electron chi connectivity index (χ3n) is 6.31. The van der Waals surface area contributed by atoms with Gasteiger partial charge in [-0.3, -0.25) is 9.29 Å². The van der Waals surface area contributed by atoms with Crippen LogP contribution in [-0.2, 0) is 6.42 Å². The van der Waals surface area contributed by atoms with Gasteiger partial charge in [-0.1, -0.05) is 24.3 Å².